The molecule has 0 unspecified atom stereocenters. The highest BCUT2D eigenvalue weighted by Gasteiger charge is 2.25. The summed E-state index contributed by atoms with van der Waals surface area (Å²) in [7, 11) is 2.21. The Labute approximate surface area is 96.6 Å². The van der Waals surface area contributed by atoms with Crippen LogP contribution in [0.25, 0.3) is 0 Å². The third-order valence-electron chi connectivity index (χ3n) is 3.15. The van der Waals surface area contributed by atoms with E-state index in [1.54, 1.807) is 0 Å². The Morgan fingerprint density at radius 3 is 1.60 bits per heavy atom. The molecule has 2 nitrogen and oxygen atoms in total. The summed E-state index contributed by atoms with van der Waals surface area (Å²) < 4.78 is 0. The maximum atomic E-state index is 2.57. The molecule has 0 aliphatic carbocycles. The van der Waals surface area contributed by atoms with Crippen LogP contribution >= 0.6 is 0 Å². The summed E-state index contributed by atoms with van der Waals surface area (Å²) in [5.74, 6) is 0. The van der Waals surface area contributed by atoms with E-state index >= 15 is 0 Å². The third-order valence-corrected chi connectivity index (χ3v) is 3.15. The second kappa shape index (κ2) is 8.12. The molecular formula is C13H30N2. The molecule has 92 valence electrons. The van der Waals surface area contributed by atoms with Crippen molar-refractivity contribution in [3.05, 3.63) is 0 Å². The number of unbranched alkanes of at least 4 members (excludes halogenated alkanes) is 1. The Morgan fingerprint density at radius 2 is 1.33 bits per heavy atom. The van der Waals surface area contributed by atoms with E-state index in [0.717, 1.165) is 12.1 Å². The van der Waals surface area contributed by atoms with E-state index in [4.69, 9.17) is 0 Å². The van der Waals surface area contributed by atoms with Crippen molar-refractivity contribution in [2.75, 3.05) is 26.7 Å². The summed E-state index contributed by atoms with van der Waals surface area (Å²) >= 11 is 0. The molecule has 0 amide bonds. The second-order valence-electron chi connectivity index (χ2n) is 4.75. The van der Waals surface area contributed by atoms with Crippen molar-refractivity contribution in [1.29, 1.82) is 0 Å². The fourth-order valence-corrected chi connectivity index (χ4v) is 2.24. The molecule has 15 heavy (non-hydrogen) atoms. The van der Waals surface area contributed by atoms with Gasteiger partial charge in [-0.05, 0) is 27.4 Å². The van der Waals surface area contributed by atoms with Crippen LogP contribution in [-0.4, -0.2) is 48.6 Å². The molecule has 0 aromatic rings. The minimum Gasteiger partial charge on any atom is -0.303 e. The number of hydrogen-bond acceptors (Lipinski definition) is 2. The largest absolute Gasteiger partial charge is 0.303 e. The number of piperazine rings is 1. The first kappa shape index (κ1) is 14.9. The summed E-state index contributed by atoms with van der Waals surface area (Å²) in [6, 6.07) is 1.46. The number of likely N-dealkylation sites (N-methyl/N-ethyl adjacent to an activating group) is 2. The fraction of sp³-hybridized carbons (Fsp3) is 1.00. The van der Waals surface area contributed by atoms with Gasteiger partial charge in [0.05, 0.1) is 0 Å². The van der Waals surface area contributed by atoms with Crippen molar-refractivity contribution in [2.24, 2.45) is 0 Å². The number of hydrogen-bond donors (Lipinski definition) is 0. The van der Waals surface area contributed by atoms with E-state index in [0.29, 0.717) is 0 Å². The Kier molecular flexibility index (Phi) is 8.07. The first-order valence-electron chi connectivity index (χ1n) is 6.50. The van der Waals surface area contributed by atoms with Gasteiger partial charge in [0.15, 0.2) is 0 Å². The van der Waals surface area contributed by atoms with Gasteiger partial charge in [-0.15, -0.1) is 0 Å². The molecule has 0 N–H and O–H groups in total. The van der Waals surface area contributed by atoms with Crippen LogP contribution in [0.15, 0.2) is 0 Å². The van der Waals surface area contributed by atoms with Crippen LogP contribution in [0.4, 0.5) is 0 Å². The van der Waals surface area contributed by atoms with Gasteiger partial charge in [-0.3, -0.25) is 4.90 Å². The van der Waals surface area contributed by atoms with Gasteiger partial charge in [0.25, 0.3) is 0 Å². The first-order valence-corrected chi connectivity index (χ1v) is 6.50. The predicted octanol–water partition coefficient (Wildman–Crippen LogP) is 2.84. The average Bonchev–Trinajstić information content (AvgIpc) is 2.17. The van der Waals surface area contributed by atoms with E-state index < -0.39 is 0 Å². The molecule has 0 aromatic carbocycles. The monoisotopic (exact) mass is 214 g/mol. The lowest BCUT2D eigenvalue weighted by molar-refractivity contribution is 0.0573. The maximum absolute atomic E-state index is 2.57. The van der Waals surface area contributed by atoms with Crippen LogP contribution in [-0.2, 0) is 0 Å². The maximum Gasteiger partial charge on any atom is 0.0198 e. The van der Waals surface area contributed by atoms with E-state index in [-0.39, 0.29) is 0 Å². The molecule has 2 heteroatoms. The van der Waals surface area contributed by atoms with Crippen molar-refractivity contribution in [1.82, 2.24) is 9.80 Å². The Balaban J connectivity index is 0.000000423. The SMILES string of the molecule is CCCC.CCN1[C@@H](C)CN(C)C[C@@H]1C. The normalized spacial score (nSPS) is 28.4. The van der Waals surface area contributed by atoms with E-state index in [1.807, 2.05) is 0 Å². The smallest absolute Gasteiger partial charge is 0.0198 e. The zero-order valence-corrected chi connectivity index (χ0v) is 11.6. The third kappa shape index (κ3) is 5.53. The fourth-order valence-electron chi connectivity index (χ4n) is 2.24. The Morgan fingerprint density at radius 1 is 0.933 bits per heavy atom. The van der Waals surface area contributed by atoms with Gasteiger partial charge in [0, 0.05) is 25.2 Å². The highest BCUT2D eigenvalue weighted by Crippen LogP contribution is 2.12. The average molecular weight is 214 g/mol. The zero-order chi connectivity index (χ0) is 11.8. The van der Waals surface area contributed by atoms with E-state index in [9.17, 15) is 0 Å². The highest BCUT2D eigenvalue weighted by molar-refractivity contribution is 4.82. The van der Waals surface area contributed by atoms with Crippen molar-refractivity contribution >= 4 is 0 Å². The molecule has 0 aromatic heterocycles. The van der Waals surface area contributed by atoms with Gasteiger partial charge in [-0.1, -0.05) is 33.6 Å². The van der Waals surface area contributed by atoms with Crippen molar-refractivity contribution < 1.29 is 0 Å². The minimum atomic E-state index is 0.730. The van der Waals surface area contributed by atoms with Crippen molar-refractivity contribution in [3.63, 3.8) is 0 Å². The molecule has 1 saturated heterocycles. The van der Waals surface area contributed by atoms with Gasteiger partial charge in [-0.25, -0.2) is 0 Å². The van der Waals surface area contributed by atoms with Crippen molar-refractivity contribution in [2.45, 2.75) is 59.5 Å². The lowest BCUT2D eigenvalue weighted by atomic mass is 10.1. The zero-order valence-electron chi connectivity index (χ0n) is 11.6. The lowest BCUT2D eigenvalue weighted by Gasteiger charge is -2.42. The van der Waals surface area contributed by atoms with Crippen LogP contribution in [0.3, 0.4) is 0 Å². The summed E-state index contributed by atoms with van der Waals surface area (Å²) in [6.07, 6.45) is 2.64. The standard InChI is InChI=1S/C9H20N2.C4H10/c1-5-11-8(2)6-10(4)7-9(11)3;1-3-4-2/h8-9H,5-7H2,1-4H3;3-4H2,1-2H3/t8-,9-;/m0./s1. The van der Waals surface area contributed by atoms with Gasteiger partial charge in [-0.2, -0.15) is 0 Å². The molecule has 0 radical (unpaired) electrons. The topological polar surface area (TPSA) is 6.48 Å². The van der Waals surface area contributed by atoms with Gasteiger partial charge in [0.1, 0.15) is 0 Å². The Hall–Kier alpha value is -0.0800. The highest BCUT2D eigenvalue weighted by atomic mass is 15.3. The lowest BCUT2D eigenvalue weighted by Crippen LogP contribution is -2.55. The number of nitrogens with zero attached hydrogens (tertiary/aromatic N) is 2. The molecule has 0 spiro atoms. The summed E-state index contributed by atoms with van der Waals surface area (Å²) in [4.78, 5) is 4.99. The Bertz CT molecular complexity index is 133. The quantitative estimate of drug-likeness (QED) is 0.697. The second-order valence-corrected chi connectivity index (χ2v) is 4.75. The van der Waals surface area contributed by atoms with Crippen LogP contribution < -0.4 is 0 Å². The molecule has 1 rings (SSSR count). The molecule has 1 aliphatic rings. The van der Waals surface area contributed by atoms with Gasteiger partial charge < -0.3 is 4.90 Å². The molecular weight excluding hydrogens is 184 g/mol. The molecule has 0 bridgehead atoms. The predicted molar refractivity (Wildman–Crippen MR) is 69.4 cm³/mol. The van der Waals surface area contributed by atoms with Crippen LogP contribution in [0, 0.1) is 0 Å². The first-order chi connectivity index (χ1) is 7.06. The van der Waals surface area contributed by atoms with Crippen LogP contribution in [0.5, 0.6) is 0 Å². The summed E-state index contributed by atoms with van der Waals surface area (Å²) in [6.45, 7) is 14.9. The van der Waals surface area contributed by atoms with E-state index in [1.165, 1.54) is 32.5 Å². The number of rotatable bonds is 2. The summed E-state index contributed by atoms with van der Waals surface area (Å²) in [5.41, 5.74) is 0. The van der Waals surface area contributed by atoms with Crippen molar-refractivity contribution in [3.8, 4) is 0 Å². The molecule has 0 saturated carbocycles. The molecule has 1 aliphatic heterocycles. The minimum absolute atomic E-state index is 0.730. The molecule has 1 heterocycles. The molecule has 1 fully saturated rings. The van der Waals surface area contributed by atoms with E-state index in [2.05, 4.69) is 51.5 Å². The van der Waals surface area contributed by atoms with Gasteiger partial charge in [0.2, 0.25) is 0 Å². The summed E-state index contributed by atoms with van der Waals surface area (Å²) in [5, 5.41) is 0. The molecule has 2 atom stereocenters. The van der Waals surface area contributed by atoms with Crippen LogP contribution in [0.1, 0.15) is 47.5 Å². The van der Waals surface area contributed by atoms with Crippen LogP contribution in [0.2, 0.25) is 0 Å². The van der Waals surface area contributed by atoms with Gasteiger partial charge >= 0.3 is 0 Å².